The lowest BCUT2D eigenvalue weighted by atomic mass is 9.81. The molecule has 29 heteroatoms. The highest BCUT2D eigenvalue weighted by Gasteiger charge is 2.36. The Morgan fingerprint density at radius 2 is 1.22 bits per heavy atom. The molecule has 133 heavy (non-hydrogen) atoms. The van der Waals surface area contributed by atoms with Crippen LogP contribution >= 0.6 is 45.3 Å². The van der Waals surface area contributed by atoms with Gasteiger partial charge < -0.3 is 44.8 Å². The monoisotopic (exact) mass is 1920 g/mol. The lowest BCUT2D eigenvalue weighted by Gasteiger charge is -2.38. The zero-order chi connectivity index (χ0) is 100. The number of rotatable bonds is 13. The summed E-state index contributed by atoms with van der Waals surface area (Å²) in [6.45, 7) is 64.8. The molecule has 0 radical (unpaired) electrons. The SMILES string of the molecule is CC(C)(C)N1CCOCC1.CC(C)(C)c1cc(C(=O)CCC(=O)O)cs1.CC(C)(C)c1cc(C(=O)O)cc2c1CCC2.CC(C)(C)c1cc2cccc(NS(N)(=O)=O)c2s1.CC(C)(C)c1ccc(-c2nn[nH]n2)cc1.CC(C)(C)c1ccc(N)o1.CC(C)(C)c1ccc2[nH]ccc2c1.CCC(C#N)C(=O)c1ccc(C(C)(C)C)s1.COC1CN(C(=O)c2ccc(C(C)(C)C)s2)CC1O. The predicted molar refractivity (Wildman–Crippen MR) is 547 cm³/mol. The third-order valence-electron chi connectivity index (χ3n) is 22.0. The number of benzene rings is 4. The van der Waals surface area contributed by atoms with Gasteiger partial charge in [0.05, 0.1) is 57.5 Å². The second-order valence-electron chi connectivity index (χ2n) is 42.7. The van der Waals surface area contributed by atoms with Crippen LogP contribution in [0.2, 0.25) is 0 Å². The first kappa shape index (κ1) is 112. The van der Waals surface area contributed by atoms with Gasteiger partial charge in [-0.1, -0.05) is 216 Å². The van der Waals surface area contributed by atoms with Gasteiger partial charge >= 0.3 is 11.9 Å². The number of carboxylic acid groups (broad SMARTS) is 2. The molecule has 7 aromatic heterocycles. The maximum atomic E-state index is 12.4. The van der Waals surface area contributed by atoms with E-state index in [0.717, 1.165) is 76.7 Å². The summed E-state index contributed by atoms with van der Waals surface area (Å²) in [6, 6.07) is 43.6. The highest BCUT2D eigenvalue weighted by molar-refractivity contribution is 7.90. The molecule has 2 saturated heterocycles. The molecule has 3 aliphatic rings. The van der Waals surface area contributed by atoms with Crippen molar-refractivity contribution in [1.29, 1.82) is 5.26 Å². The summed E-state index contributed by atoms with van der Waals surface area (Å²) in [5, 5.41) is 59.2. The van der Waals surface area contributed by atoms with E-state index in [2.05, 4.69) is 271 Å². The number of carbonyl (C=O) groups is 5. The lowest BCUT2D eigenvalue weighted by molar-refractivity contribution is -0.137. The summed E-state index contributed by atoms with van der Waals surface area (Å²) in [5.74, 6) is -0.324. The zero-order valence-corrected chi connectivity index (χ0v) is 87.9. The third kappa shape index (κ3) is 35.2. The number of furan rings is 1. The fourth-order valence-corrected chi connectivity index (χ4v) is 18.7. The van der Waals surface area contributed by atoms with Crippen LogP contribution in [0.1, 0.15) is 313 Å². The number of hydrogen-bond donors (Lipinski definition) is 8. The van der Waals surface area contributed by atoms with Gasteiger partial charge in [0.1, 0.15) is 17.8 Å². The second kappa shape index (κ2) is 47.3. The number of ether oxygens (including phenoxy) is 2. The molecular weight excluding hydrogens is 1770 g/mol. The number of amides is 1. The smallest absolute Gasteiger partial charge is 0.335 e. The maximum Gasteiger partial charge on any atom is 0.335 e. The number of fused-ring (bicyclic) bond motifs is 3. The fourth-order valence-electron chi connectivity index (χ4n) is 13.9. The standard InChI is InChI=1S/C14H21NO3S.C14H18O2.C13H17NOS.C12H16N2O2S2.C12H15N.C12H16O3S.C11H14N4.C8H17NO.C8H13NO/c1-14(2,3)12-6-5-11(19-12)13(17)15-7-9(16)10(8-15)18-4;1-14(2,3)12-8-10(13(15)16)7-9-5-4-6-11(9)12;1-5-9(8-14)12(15)10-6-7-11(16-10)13(2,3)4;1-12(2,3)10-7-8-5-4-6-9(11(8)17-10)14-18(13,15)16;1-12(2,3)10-4-5-11-9(8-10)6-7-13-11;1-12(2,3)10-6-8(7-16-10)9(13)4-5-11(14)15;1-11(2,3)9-6-4-8(5-7-9)10-12-14-15-13-10;1-8(2,3)9-4-6-10-7-5-9;1-8(2,3)6-4-5-7(9)10-6/h5-6,9-10,16H,7-8H2,1-4H3;7-8H,4-6H2,1-3H3,(H,15,16);6-7,9H,5H2,1-4H3;4-7,14H,1-3H3,(H2,13,15,16);4-8,13H,1-3H3;6-7H,4-5H2,1-3H3,(H,14,15);4-7H,1-3H3,(H,12,13,14,15);4-7H2,1-3H3;4-5H,9H2,1-3H3. The van der Waals surface area contributed by atoms with Crippen molar-refractivity contribution in [3.05, 3.63) is 213 Å². The Hall–Kier alpha value is -9.58. The number of tetrazole rings is 1. The highest BCUT2D eigenvalue weighted by atomic mass is 32.2. The first-order valence-corrected chi connectivity index (χ1v) is 50.0. The Kier molecular flexibility index (Phi) is 39.9. The molecular formula is C104H147N11O13S5. The van der Waals surface area contributed by atoms with Crippen LogP contribution in [0, 0.1) is 17.2 Å². The maximum absolute atomic E-state index is 12.4. The van der Waals surface area contributed by atoms with Crippen LogP contribution in [0.5, 0.6) is 0 Å². The number of hydrogen-bond acceptors (Lipinski definition) is 21. The van der Waals surface area contributed by atoms with Crippen molar-refractivity contribution in [3.8, 4) is 17.5 Å². The topological polar surface area (TPSA) is 376 Å². The van der Waals surface area contributed by atoms with Crippen molar-refractivity contribution in [2.24, 2.45) is 11.1 Å². The molecule has 0 bridgehead atoms. The number of aliphatic hydroxyl groups is 1. The molecule has 1 amide bonds. The number of ketones is 2. The lowest BCUT2D eigenvalue weighted by Crippen LogP contribution is -2.47. The number of thiophene rings is 4. The summed E-state index contributed by atoms with van der Waals surface area (Å²) in [5.41, 5.74) is 16.8. The average Bonchev–Trinajstić information content (AvgIpc) is 1.64. The number of morpholine rings is 1. The van der Waals surface area contributed by atoms with Crippen LogP contribution in [-0.4, -0.2) is 153 Å². The molecule has 3 unspecified atom stereocenters. The van der Waals surface area contributed by atoms with Crippen LogP contribution < -0.4 is 15.6 Å². The first-order chi connectivity index (χ1) is 61.3. The number of nitrogens with two attached hydrogens (primary N) is 2. The number of aliphatic hydroxyl groups excluding tert-OH is 1. The van der Waals surface area contributed by atoms with E-state index >= 15 is 0 Å². The minimum absolute atomic E-state index is 0.0147. The summed E-state index contributed by atoms with van der Waals surface area (Å²) in [6.07, 6.45) is 4.97. The Morgan fingerprint density at radius 3 is 1.68 bits per heavy atom. The average molecular weight is 1920 g/mol. The number of anilines is 2. The van der Waals surface area contributed by atoms with Gasteiger partial charge in [0, 0.05) is 104 Å². The van der Waals surface area contributed by atoms with Crippen molar-refractivity contribution in [2.45, 2.75) is 293 Å². The molecule has 10 N–H and O–H groups in total. The number of likely N-dealkylation sites (tertiary alicyclic amines) is 1. The molecule has 24 nitrogen and oxygen atoms in total. The molecule has 9 heterocycles. The molecule has 4 aromatic carbocycles. The van der Waals surface area contributed by atoms with E-state index in [0.29, 0.717) is 58.4 Å². The summed E-state index contributed by atoms with van der Waals surface area (Å²) >= 11 is 6.18. The van der Waals surface area contributed by atoms with Crippen LogP contribution in [0.25, 0.3) is 32.4 Å². The minimum atomic E-state index is -3.74. The number of carbonyl (C=O) groups excluding carboxylic acids is 3. The molecule has 726 valence electrons. The van der Waals surface area contributed by atoms with Gasteiger partial charge in [-0.15, -0.1) is 55.5 Å². The summed E-state index contributed by atoms with van der Waals surface area (Å²) < 4.78 is 41.1. The molecule has 0 spiro atoms. The largest absolute Gasteiger partial charge is 0.481 e. The van der Waals surface area contributed by atoms with E-state index in [9.17, 15) is 37.5 Å². The van der Waals surface area contributed by atoms with Crippen LogP contribution in [-0.2, 0) is 80.6 Å². The zero-order valence-electron chi connectivity index (χ0n) is 83.8. The molecule has 1 aliphatic carbocycles. The number of nitrogens with zero attached hydrogens (tertiary/aromatic N) is 6. The minimum Gasteiger partial charge on any atom is -0.481 e. The Balaban J connectivity index is 0.000000232. The van der Waals surface area contributed by atoms with Crippen molar-refractivity contribution in [2.75, 3.05) is 57.0 Å². The Bertz CT molecular complexity index is 5760. The van der Waals surface area contributed by atoms with Crippen molar-refractivity contribution in [3.63, 3.8) is 0 Å². The van der Waals surface area contributed by atoms with E-state index in [1.54, 1.807) is 46.8 Å². The Morgan fingerprint density at radius 1 is 0.632 bits per heavy atom. The van der Waals surface area contributed by atoms with Gasteiger partial charge in [-0.2, -0.15) is 18.9 Å². The van der Waals surface area contributed by atoms with E-state index in [1.807, 2.05) is 91.3 Å². The number of nitriles is 1. The highest BCUT2D eigenvalue weighted by Crippen LogP contribution is 2.41. The fraction of sp³-hybridized carbons (Fsp3) is 0.510. The number of aromatic carboxylic acids is 1. The number of methoxy groups -OCH3 is 1. The van der Waals surface area contributed by atoms with Gasteiger partial charge in [0.2, 0.25) is 5.82 Å². The van der Waals surface area contributed by atoms with Gasteiger partial charge in [0.15, 0.2) is 17.5 Å². The first-order valence-electron chi connectivity index (χ1n) is 45.2. The van der Waals surface area contributed by atoms with Crippen LogP contribution in [0.3, 0.4) is 0 Å². The van der Waals surface area contributed by atoms with E-state index in [-0.39, 0.29) is 79.7 Å². The molecule has 11 aromatic rings. The molecule has 2 fully saturated rings. The van der Waals surface area contributed by atoms with E-state index in [1.165, 1.54) is 76.0 Å². The van der Waals surface area contributed by atoms with Crippen molar-refractivity contribution < 1.29 is 61.6 Å². The number of aromatic nitrogens is 5. The summed E-state index contributed by atoms with van der Waals surface area (Å²) in [7, 11) is -2.18. The third-order valence-corrected chi connectivity index (χ3v) is 28.5. The van der Waals surface area contributed by atoms with E-state index < -0.39 is 34.2 Å². The number of β-amino-alcohol motifs (C(OH)–C–C–N with tert-alkyl or cyclic N) is 1. The number of Topliss-reactive ketones (excluding diaryl/α,β-unsaturated/α-hetero) is 2. The van der Waals surface area contributed by atoms with Gasteiger partial charge in [-0.3, -0.25) is 28.8 Å². The summed E-state index contributed by atoms with van der Waals surface area (Å²) in [4.78, 5) is 70.8. The number of aromatic amines is 2. The molecule has 0 saturated carbocycles. The van der Waals surface area contributed by atoms with Gasteiger partial charge in [-0.25, -0.2) is 9.93 Å². The number of H-pyrrole nitrogens is 2. The van der Waals surface area contributed by atoms with Crippen molar-refractivity contribution in [1.82, 2.24) is 35.4 Å². The number of nitrogens with one attached hydrogen (secondary N) is 3. The molecule has 3 atom stereocenters. The van der Waals surface area contributed by atoms with Gasteiger partial charge in [-0.05, 0) is 207 Å². The number of aliphatic carboxylic acids is 1. The van der Waals surface area contributed by atoms with Crippen LogP contribution in [0.15, 0.2) is 143 Å². The van der Waals surface area contributed by atoms with E-state index in [4.69, 9.17) is 40.2 Å². The predicted octanol–water partition coefficient (Wildman–Crippen LogP) is 23.6. The normalized spacial score (nSPS) is 15.1. The number of nitrogen functional groups attached to an aromatic ring is 1. The molecule has 14 rings (SSSR count). The van der Waals surface area contributed by atoms with Crippen molar-refractivity contribution >= 4 is 118 Å². The number of carboxylic acids is 2. The van der Waals surface area contributed by atoms with Gasteiger partial charge in [0.25, 0.3) is 16.1 Å². The van der Waals surface area contributed by atoms with Crippen LogP contribution in [0.4, 0.5) is 11.6 Å². The second-order valence-corrected chi connectivity index (χ2v) is 48.1. The Labute approximate surface area is 806 Å². The molecule has 2 aliphatic heterocycles. The number of aryl methyl sites for hydroxylation is 1. The quantitative estimate of drug-likeness (QED) is 0.0497.